The highest BCUT2D eigenvalue weighted by Gasteiger charge is 2.48. The van der Waals surface area contributed by atoms with Gasteiger partial charge in [-0.15, -0.1) is 0 Å². The predicted octanol–water partition coefficient (Wildman–Crippen LogP) is 1.68. The van der Waals surface area contributed by atoms with Crippen LogP contribution in [0.1, 0.15) is 18.6 Å². The van der Waals surface area contributed by atoms with E-state index >= 15 is 0 Å². The molecule has 1 aliphatic rings. The van der Waals surface area contributed by atoms with Crippen LogP contribution in [0.3, 0.4) is 0 Å². The predicted molar refractivity (Wildman–Crippen MR) is 89.5 cm³/mol. The highest BCUT2D eigenvalue weighted by Crippen LogP contribution is 2.31. The van der Waals surface area contributed by atoms with Gasteiger partial charge in [0.15, 0.2) is 0 Å². The molecule has 8 nitrogen and oxygen atoms in total. The monoisotopic (exact) mass is 342 g/mol. The van der Waals surface area contributed by atoms with Gasteiger partial charge in [-0.25, -0.2) is 4.79 Å². The number of hydrogen-bond donors (Lipinski definition) is 4. The average molecular weight is 342 g/mol. The fraction of sp³-hybridized carbons (Fsp3) is 0.176. The Balaban J connectivity index is 1.86. The molecular weight excluding hydrogens is 326 g/mol. The van der Waals surface area contributed by atoms with Crippen LogP contribution < -0.4 is 15.9 Å². The largest absolute Gasteiger partial charge is 0.733 e. The van der Waals surface area contributed by atoms with E-state index in [1.165, 1.54) is 19.1 Å². The zero-order valence-corrected chi connectivity index (χ0v) is 13.3. The summed E-state index contributed by atoms with van der Waals surface area (Å²) in [5, 5.41) is 34.8. The van der Waals surface area contributed by atoms with Crippen molar-refractivity contribution in [2.75, 3.05) is 5.23 Å². The van der Waals surface area contributed by atoms with Crippen molar-refractivity contribution in [2.45, 2.75) is 18.6 Å². The molecule has 1 saturated heterocycles. The standard InChI is InChI=1S/C17H16N3O5/c1-17(15(22)18-16(23)19-17)14(21)11-7-5-10(6-8-11)12-3-2-4-13(9-12)20(24)25/h2-9,14,21,24H,1H3,(H2,18,19,22,23)/q-1. The molecule has 0 aromatic heterocycles. The first kappa shape index (κ1) is 16.9. The fourth-order valence-corrected chi connectivity index (χ4v) is 2.74. The number of aliphatic hydroxyl groups is 1. The lowest BCUT2D eigenvalue weighted by molar-refractivity contribution is -0.127. The van der Waals surface area contributed by atoms with Gasteiger partial charge in [0.1, 0.15) is 11.6 Å². The van der Waals surface area contributed by atoms with Crippen molar-refractivity contribution in [2.24, 2.45) is 0 Å². The first-order valence-corrected chi connectivity index (χ1v) is 7.49. The fourth-order valence-electron chi connectivity index (χ4n) is 2.74. The first-order chi connectivity index (χ1) is 11.8. The number of urea groups is 1. The van der Waals surface area contributed by atoms with E-state index in [0.29, 0.717) is 11.1 Å². The third-order valence-corrected chi connectivity index (χ3v) is 4.25. The molecule has 2 aromatic carbocycles. The van der Waals surface area contributed by atoms with Crippen LogP contribution in [-0.2, 0) is 4.79 Å². The number of rotatable bonds is 4. The lowest BCUT2D eigenvalue weighted by Gasteiger charge is -2.27. The van der Waals surface area contributed by atoms with Gasteiger partial charge in [0.25, 0.3) is 5.91 Å². The summed E-state index contributed by atoms with van der Waals surface area (Å²) in [6.45, 7) is 1.44. The summed E-state index contributed by atoms with van der Waals surface area (Å²) in [5.74, 6) is -0.597. The zero-order valence-electron chi connectivity index (χ0n) is 13.3. The number of aliphatic hydroxyl groups excluding tert-OH is 1. The van der Waals surface area contributed by atoms with E-state index in [2.05, 4.69) is 10.6 Å². The lowest BCUT2D eigenvalue weighted by Crippen LogP contribution is -2.49. The topological polar surface area (TPSA) is 125 Å². The Morgan fingerprint density at radius 3 is 2.36 bits per heavy atom. The highest BCUT2D eigenvalue weighted by molar-refractivity contribution is 6.07. The van der Waals surface area contributed by atoms with Gasteiger partial charge in [-0.1, -0.05) is 36.4 Å². The van der Waals surface area contributed by atoms with Crippen LogP contribution in [0.25, 0.3) is 11.1 Å². The molecule has 3 amide bonds. The maximum Gasteiger partial charge on any atom is 0.322 e. The first-order valence-electron chi connectivity index (χ1n) is 7.49. The van der Waals surface area contributed by atoms with Crippen LogP contribution in [0.4, 0.5) is 10.5 Å². The number of amides is 3. The summed E-state index contributed by atoms with van der Waals surface area (Å²) in [4.78, 5) is 23.2. The second-order valence-electron chi connectivity index (χ2n) is 5.96. The van der Waals surface area contributed by atoms with Gasteiger partial charge in [0, 0.05) is 0 Å². The number of imide groups is 1. The highest BCUT2D eigenvalue weighted by atomic mass is 16.8. The van der Waals surface area contributed by atoms with Gasteiger partial charge in [0.05, 0.1) is 5.69 Å². The van der Waals surface area contributed by atoms with E-state index in [0.717, 1.165) is 5.56 Å². The number of hydrogen-bond acceptors (Lipinski definition) is 6. The average Bonchev–Trinajstić information content (AvgIpc) is 2.87. The molecule has 1 fully saturated rings. The van der Waals surface area contributed by atoms with E-state index in [4.69, 9.17) is 5.21 Å². The summed E-state index contributed by atoms with van der Waals surface area (Å²) < 4.78 is 0. The van der Waals surface area contributed by atoms with Crippen LogP contribution in [0, 0.1) is 5.21 Å². The summed E-state index contributed by atoms with van der Waals surface area (Å²) in [6, 6.07) is 12.4. The maximum atomic E-state index is 11.9. The van der Waals surface area contributed by atoms with Crippen molar-refractivity contribution in [3.05, 3.63) is 59.3 Å². The summed E-state index contributed by atoms with van der Waals surface area (Å²) in [7, 11) is 0. The number of anilines is 1. The second-order valence-corrected chi connectivity index (χ2v) is 5.96. The normalized spacial score (nSPS) is 20.8. The molecule has 0 aliphatic carbocycles. The SMILES string of the molecule is CC1(C(O)c2ccc(-c3cccc(N([O-])O)c3)cc2)NC(=O)NC1=O. The second kappa shape index (κ2) is 6.17. The number of nitrogens with one attached hydrogen (secondary N) is 2. The molecule has 2 unspecified atom stereocenters. The van der Waals surface area contributed by atoms with Crippen LogP contribution >= 0.6 is 0 Å². The van der Waals surface area contributed by atoms with Gasteiger partial charge in [0.2, 0.25) is 0 Å². The van der Waals surface area contributed by atoms with Crippen molar-refractivity contribution >= 4 is 17.6 Å². The van der Waals surface area contributed by atoms with Crippen LogP contribution in [0.2, 0.25) is 0 Å². The van der Waals surface area contributed by atoms with Gasteiger partial charge in [-0.2, -0.15) is 0 Å². The van der Waals surface area contributed by atoms with Crippen LogP contribution in [-0.4, -0.2) is 27.8 Å². The third kappa shape index (κ3) is 3.05. The Bertz CT molecular complexity index is 821. The molecule has 2 aromatic rings. The number of nitrogens with zero attached hydrogens (tertiary/aromatic N) is 1. The Morgan fingerprint density at radius 2 is 1.80 bits per heavy atom. The zero-order chi connectivity index (χ0) is 18.2. The molecule has 3 rings (SSSR count). The molecule has 0 bridgehead atoms. The van der Waals surface area contributed by atoms with Crippen molar-refractivity contribution in [1.29, 1.82) is 0 Å². The van der Waals surface area contributed by atoms with E-state index < -0.39 is 23.6 Å². The Kier molecular flexibility index (Phi) is 4.17. The Morgan fingerprint density at radius 1 is 1.12 bits per heavy atom. The number of benzene rings is 2. The molecule has 4 N–H and O–H groups in total. The molecule has 25 heavy (non-hydrogen) atoms. The molecule has 0 radical (unpaired) electrons. The number of carbonyl (C=O) groups excluding carboxylic acids is 2. The molecule has 2 atom stereocenters. The van der Waals surface area contributed by atoms with Gasteiger partial charge >= 0.3 is 6.03 Å². The summed E-state index contributed by atoms with van der Waals surface area (Å²) in [5.41, 5.74) is 0.557. The molecule has 130 valence electrons. The lowest BCUT2D eigenvalue weighted by atomic mass is 9.89. The van der Waals surface area contributed by atoms with Gasteiger partial charge in [-0.05, 0) is 35.7 Å². The quantitative estimate of drug-likeness (QED) is 0.495. The third-order valence-electron chi connectivity index (χ3n) is 4.25. The smallest absolute Gasteiger partial charge is 0.322 e. The van der Waals surface area contributed by atoms with Crippen molar-refractivity contribution in [3.8, 4) is 11.1 Å². The molecular formula is C17H16N3O5-. The van der Waals surface area contributed by atoms with E-state index in [9.17, 15) is 19.9 Å². The summed E-state index contributed by atoms with van der Waals surface area (Å²) in [6.07, 6.45) is -1.23. The molecule has 1 heterocycles. The van der Waals surface area contributed by atoms with Crippen LogP contribution in [0.15, 0.2) is 48.5 Å². The van der Waals surface area contributed by atoms with Crippen LogP contribution in [0.5, 0.6) is 0 Å². The molecule has 0 saturated carbocycles. The van der Waals surface area contributed by atoms with Gasteiger partial charge < -0.3 is 20.9 Å². The van der Waals surface area contributed by atoms with Crippen molar-refractivity contribution < 1.29 is 19.9 Å². The maximum absolute atomic E-state index is 11.9. The molecule has 0 spiro atoms. The minimum absolute atomic E-state index is 0.0967. The minimum atomic E-state index is -1.45. The van der Waals surface area contributed by atoms with Crippen molar-refractivity contribution in [1.82, 2.24) is 10.6 Å². The molecule has 1 aliphatic heterocycles. The van der Waals surface area contributed by atoms with Crippen molar-refractivity contribution in [3.63, 3.8) is 0 Å². The minimum Gasteiger partial charge on any atom is -0.733 e. The van der Waals surface area contributed by atoms with E-state index in [1.807, 2.05) is 0 Å². The van der Waals surface area contributed by atoms with E-state index in [-0.39, 0.29) is 10.9 Å². The summed E-state index contributed by atoms with van der Waals surface area (Å²) >= 11 is 0. The van der Waals surface area contributed by atoms with Gasteiger partial charge in [-0.3, -0.25) is 15.3 Å². The molecule has 8 heteroatoms. The Labute approximate surface area is 143 Å². The Hall–Kier alpha value is -2.94. The number of carbonyl (C=O) groups is 2. The van der Waals surface area contributed by atoms with E-state index in [1.54, 1.807) is 36.4 Å².